The summed E-state index contributed by atoms with van der Waals surface area (Å²) in [6.45, 7) is 4.69. The molecule has 0 bridgehead atoms. The summed E-state index contributed by atoms with van der Waals surface area (Å²) in [5.74, 6) is -0.394. The monoisotopic (exact) mass is 373 g/mol. The molecule has 1 N–H and O–H groups in total. The summed E-state index contributed by atoms with van der Waals surface area (Å²) in [7, 11) is 0. The molecule has 1 fully saturated rings. The van der Waals surface area contributed by atoms with E-state index in [4.69, 9.17) is 9.84 Å². The lowest BCUT2D eigenvalue weighted by Crippen LogP contribution is -2.49. The number of hydrogen-bond acceptors (Lipinski definition) is 5. The molecule has 0 aliphatic carbocycles. The molecule has 0 saturated carbocycles. The largest absolute Gasteiger partial charge is 0.394 e. The van der Waals surface area contributed by atoms with Crippen LogP contribution in [0.15, 0.2) is 42.6 Å². The number of carbonyl (C=O) groups is 1. The molecule has 3 rings (SSSR count). The van der Waals surface area contributed by atoms with Gasteiger partial charge in [0.05, 0.1) is 19.8 Å². The van der Waals surface area contributed by atoms with Crippen LogP contribution in [0.1, 0.15) is 10.4 Å². The van der Waals surface area contributed by atoms with E-state index in [1.165, 1.54) is 6.07 Å². The van der Waals surface area contributed by atoms with E-state index in [0.717, 1.165) is 19.6 Å². The zero-order valence-electron chi connectivity index (χ0n) is 15.2. The van der Waals surface area contributed by atoms with E-state index in [9.17, 15) is 9.18 Å². The number of aromatic nitrogens is 1. The molecule has 0 atom stereocenters. The van der Waals surface area contributed by atoms with Crippen LogP contribution in [0, 0.1) is 5.82 Å². The van der Waals surface area contributed by atoms with E-state index in [1.54, 1.807) is 36.5 Å². The molecule has 0 unspecified atom stereocenters. The Morgan fingerprint density at radius 3 is 2.52 bits per heavy atom. The normalized spacial score (nSPS) is 15.1. The van der Waals surface area contributed by atoms with Gasteiger partial charge in [-0.15, -0.1) is 0 Å². The molecule has 1 amide bonds. The van der Waals surface area contributed by atoms with Gasteiger partial charge in [0.25, 0.3) is 5.91 Å². The summed E-state index contributed by atoms with van der Waals surface area (Å²) in [6.07, 6.45) is 1.55. The lowest BCUT2D eigenvalue weighted by molar-refractivity contribution is 0.0486. The lowest BCUT2D eigenvalue weighted by atomic mass is 10.1. The number of hydrogen-bond donors (Lipinski definition) is 1. The summed E-state index contributed by atoms with van der Waals surface area (Å²) >= 11 is 0. The Kier molecular flexibility index (Phi) is 6.86. The molecule has 27 heavy (non-hydrogen) atoms. The van der Waals surface area contributed by atoms with Gasteiger partial charge >= 0.3 is 0 Å². The molecular formula is C20H24FN3O3. The van der Waals surface area contributed by atoms with Crippen molar-refractivity contribution in [3.8, 4) is 11.3 Å². The van der Waals surface area contributed by atoms with Gasteiger partial charge in [0.2, 0.25) is 0 Å². The Hall–Kier alpha value is -2.35. The molecule has 6 nitrogen and oxygen atoms in total. The second-order valence-corrected chi connectivity index (χ2v) is 6.38. The van der Waals surface area contributed by atoms with Gasteiger partial charge in [0, 0.05) is 50.0 Å². The lowest BCUT2D eigenvalue weighted by Gasteiger charge is -2.34. The van der Waals surface area contributed by atoms with Crippen molar-refractivity contribution in [2.75, 3.05) is 52.5 Å². The van der Waals surface area contributed by atoms with Gasteiger partial charge in [0.1, 0.15) is 11.5 Å². The number of nitrogens with zero attached hydrogens (tertiary/aromatic N) is 3. The van der Waals surface area contributed by atoms with Crippen LogP contribution in [-0.4, -0.2) is 78.3 Å². The Balaban J connectivity index is 1.54. The van der Waals surface area contributed by atoms with Crippen molar-refractivity contribution in [1.82, 2.24) is 14.8 Å². The maximum Gasteiger partial charge on any atom is 0.253 e. The van der Waals surface area contributed by atoms with Crippen LogP contribution in [-0.2, 0) is 4.74 Å². The van der Waals surface area contributed by atoms with Crippen LogP contribution in [0.25, 0.3) is 11.3 Å². The minimum atomic E-state index is -0.379. The molecule has 0 spiro atoms. The number of amides is 1. The molecule has 1 aromatic heterocycles. The fourth-order valence-electron chi connectivity index (χ4n) is 3.09. The average molecular weight is 373 g/mol. The summed E-state index contributed by atoms with van der Waals surface area (Å²) in [5, 5.41) is 8.70. The van der Waals surface area contributed by atoms with Crippen molar-refractivity contribution in [1.29, 1.82) is 0 Å². The number of pyridine rings is 1. The summed E-state index contributed by atoms with van der Waals surface area (Å²) in [4.78, 5) is 20.8. The smallest absolute Gasteiger partial charge is 0.253 e. The maximum atomic E-state index is 13.8. The van der Waals surface area contributed by atoms with Gasteiger partial charge in [0.15, 0.2) is 0 Å². The zero-order valence-corrected chi connectivity index (χ0v) is 15.2. The highest BCUT2D eigenvalue weighted by atomic mass is 19.1. The molecule has 0 radical (unpaired) electrons. The highest BCUT2D eigenvalue weighted by Crippen LogP contribution is 2.21. The Bertz CT molecular complexity index is 746. The SMILES string of the molecule is O=C(c1ccc(-c2ncccc2F)cc1)N1CCN(CCOCCO)CC1. The van der Waals surface area contributed by atoms with Crippen LogP contribution >= 0.6 is 0 Å². The third-order valence-corrected chi connectivity index (χ3v) is 4.61. The maximum absolute atomic E-state index is 13.8. The van der Waals surface area contributed by atoms with Gasteiger partial charge in [-0.1, -0.05) is 12.1 Å². The van der Waals surface area contributed by atoms with E-state index in [2.05, 4.69) is 9.88 Å². The van der Waals surface area contributed by atoms with E-state index < -0.39 is 0 Å². The van der Waals surface area contributed by atoms with Gasteiger partial charge < -0.3 is 14.7 Å². The van der Waals surface area contributed by atoms with E-state index in [1.807, 2.05) is 4.90 Å². The third-order valence-electron chi connectivity index (χ3n) is 4.61. The van der Waals surface area contributed by atoms with Crippen LogP contribution in [0.4, 0.5) is 4.39 Å². The number of halogens is 1. The summed E-state index contributed by atoms with van der Waals surface area (Å²) < 4.78 is 19.1. The molecule has 2 aromatic rings. The van der Waals surface area contributed by atoms with Crippen LogP contribution in [0.5, 0.6) is 0 Å². The van der Waals surface area contributed by atoms with Crippen LogP contribution < -0.4 is 0 Å². The van der Waals surface area contributed by atoms with Crippen molar-refractivity contribution in [3.05, 3.63) is 54.0 Å². The minimum absolute atomic E-state index is 0.0146. The van der Waals surface area contributed by atoms with Crippen LogP contribution in [0.3, 0.4) is 0 Å². The van der Waals surface area contributed by atoms with E-state index in [0.29, 0.717) is 37.4 Å². The predicted octanol–water partition coefficient (Wildman–Crippen LogP) is 1.65. The number of piperazine rings is 1. The number of carbonyl (C=O) groups excluding carboxylic acids is 1. The third kappa shape index (κ3) is 5.09. The Labute approximate surface area is 158 Å². The topological polar surface area (TPSA) is 65.9 Å². The Morgan fingerprint density at radius 2 is 1.85 bits per heavy atom. The number of benzene rings is 1. The predicted molar refractivity (Wildman–Crippen MR) is 99.9 cm³/mol. The van der Waals surface area contributed by atoms with Crippen molar-refractivity contribution >= 4 is 5.91 Å². The van der Waals surface area contributed by atoms with Crippen LogP contribution in [0.2, 0.25) is 0 Å². The standard InChI is InChI=1S/C20H24FN3O3/c21-18-2-1-7-22-19(18)16-3-5-17(6-4-16)20(26)24-10-8-23(9-11-24)12-14-27-15-13-25/h1-7,25H,8-15H2. The second kappa shape index (κ2) is 9.55. The first-order valence-corrected chi connectivity index (χ1v) is 9.10. The molecule has 7 heteroatoms. The van der Waals surface area contributed by atoms with Crippen molar-refractivity contribution < 1.29 is 19.0 Å². The van der Waals surface area contributed by atoms with Gasteiger partial charge in [-0.25, -0.2) is 4.39 Å². The van der Waals surface area contributed by atoms with E-state index in [-0.39, 0.29) is 24.0 Å². The molecule has 144 valence electrons. The van der Waals surface area contributed by atoms with Gasteiger partial charge in [-0.2, -0.15) is 0 Å². The highest BCUT2D eigenvalue weighted by molar-refractivity contribution is 5.94. The first kappa shape index (κ1) is 19.4. The molecule has 1 aliphatic rings. The first-order valence-electron chi connectivity index (χ1n) is 9.10. The fraction of sp³-hybridized carbons (Fsp3) is 0.400. The fourth-order valence-corrected chi connectivity index (χ4v) is 3.09. The first-order chi connectivity index (χ1) is 13.2. The van der Waals surface area contributed by atoms with Gasteiger partial charge in [-0.3, -0.25) is 14.7 Å². The number of rotatable bonds is 7. The van der Waals surface area contributed by atoms with Crippen molar-refractivity contribution in [3.63, 3.8) is 0 Å². The molecule has 1 saturated heterocycles. The average Bonchev–Trinajstić information content (AvgIpc) is 2.72. The molecule has 2 heterocycles. The van der Waals surface area contributed by atoms with Crippen molar-refractivity contribution in [2.45, 2.75) is 0 Å². The quantitative estimate of drug-likeness (QED) is 0.748. The highest BCUT2D eigenvalue weighted by Gasteiger charge is 2.22. The Morgan fingerprint density at radius 1 is 1.11 bits per heavy atom. The summed E-state index contributed by atoms with van der Waals surface area (Å²) in [5.41, 5.74) is 1.53. The molecule has 1 aromatic carbocycles. The number of aliphatic hydroxyl groups is 1. The summed E-state index contributed by atoms with van der Waals surface area (Å²) in [6, 6.07) is 9.83. The number of ether oxygens (including phenoxy) is 1. The number of aliphatic hydroxyl groups excluding tert-OH is 1. The second-order valence-electron chi connectivity index (χ2n) is 6.38. The molecular weight excluding hydrogens is 349 g/mol. The zero-order chi connectivity index (χ0) is 19.1. The minimum Gasteiger partial charge on any atom is -0.394 e. The molecule has 1 aliphatic heterocycles. The van der Waals surface area contributed by atoms with E-state index >= 15 is 0 Å². The van der Waals surface area contributed by atoms with Crippen molar-refractivity contribution in [2.24, 2.45) is 0 Å². The van der Waals surface area contributed by atoms with Gasteiger partial charge in [-0.05, 0) is 24.3 Å².